The Morgan fingerprint density at radius 1 is 1.23 bits per heavy atom. The number of aryl methyl sites for hydroxylation is 2. The van der Waals surface area contributed by atoms with Crippen molar-refractivity contribution in [2.45, 2.75) is 33.1 Å². The fourth-order valence-corrected chi connectivity index (χ4v) is 5.86. The number of carbonyl (C=O) groups is 1. The van der Waals surface area contributed by atoms with Gasteiger partial charge in [-0.2, -0.15) is 0 Å². The Balaban J connectivity index is 0.00000272. The third-order valence-corrected chi connectivity index (χ3v) is 7.06. The van der Waals surface area contributed by atoms with E-state index in [4.69, 9.17) is 14.5 Å². The highest BCUT2D eigenvalue weighted by molar-refractivity contribution is 7.19. The number of ether oxygens (including phenoxy) is 2. The van der Waals surface area contributed by atoms with Gasteiger partial charge >= 0.3 is 0 Å². The number of rotatable bonds is 4. The molecule has 0 radical (unpaired) electrons. The topological polar surface area (TPSA) is 51.7 Å². The van der Waals surface area contributed by atoms with Gasteiger partial charge in [0, 0.05) is 35.5 Å². The first kappa shape index (κ1) is 23.4. The average Bonchev–Trinajstić information content (AvgIpc) is 3.07. The molecule has 4 rings (SSSR count). The molecular formula is C24H29ClN2O3S. The minimum Gasteiger partial charge on any atom is -0.493 e. The Kier molecular flexibility index (Phi) is 6.82. The molecule has 2 heterocycles. The molecule has 0 spiro atoms. The summed E-state index contributed by atoms with van der Waals surface area (Å²) in [6.45, 7) is 4.23. The second-order valence-corrected chi connectivity index (χ2v) is 9.30. The van der Waals surface area contributed by atoms with Crippen molar-refractivity contribution in [3.05, 3.63) is 39.9 Å². The summed E-state index contributed by atoms with van der Waals surface area (Å²) in [4.78, 5) is 22.2. The number of amides is 1. The predicted octanol–water partition coefficient (Wildman–Crippen LogP) is 5.54. The van der Waals surface area contributed by atoms with Gasteiger partial charge in [0.25, 0.3) is 5.91 Å². The maximum atomic E-state index is 13.3. The predicted molar refractivity (Wildman–Crippen MR) is 129 cm³/mol. The molecule has 1 aliphatic carbocycles. The van der Waals surface area contributed by atoms with Crippen molar-refractivity contribution in [1.82, 2.24) is 9.88 Å². The molecule has 166 valence electrons. The Bertz CT molecular complexity index is 1140. The molecule has 2 aromatic heterocycles. The van der Waals surface area contributed by atoms with Crippen LogP contribution in [0.4, 0.5) is 0 Å². The summed E-state index contributed by atoms with van der Waals surface area (Å²) in [5, 5.41) is 1.10. The molecule has 1 amide bonds. The fraction of sp³-hybridized carbons (Fsp3) is 0.417. The van der Waals surface area contributed by atoms with E-state index in [0.717, 1.165) is 46.3 Å². The van der Waals surface area contributed by atoms with Gasteiger partial charge in [-0.05, 0) is 43.7 Å². The average molecular weight is 461 g/mol. The summed E-state index contributed by atoms with van der Waals surface area (Å²) < 4.78 is 11.3. The summed E-state index contributed by atoms with van der Waals surface area (Å²) in [5.74, 6) is 1.91. The summed E-state index contributed by atoms with van der Waals surface area (Å²) in [6.07, 6.45) is 3.23. The lowest BCUT2D eigenvalue weighted by atomic mass is 9.85. The van der Waals surface area contributed by atoms with Crippen molar-refractivity contribution in [1.29, 1.82) is 0 Å². The van der Waals surface area contributed by atoms with Crippen LogP contribution in [-0.2, 0) is 12.8 Å². The highest BCUT2D eigenvalue weighted by atomic mass is 35.5. The number of carbonyl (C=O) groups excluding carboxylic acids is 1. The zero-order valence-electron chi connectivity index (χ0n) is 18.9. The molecule has 1 aromatic carbocycles. The SMILES string of the molecule is COc1cccc(-c2c(C(=O)N(C)C)c(C)nc3sc4c(c23)CCC(C)C4)c1OC.Cl. The normalized spacial score (nSPS) is 15.2. The van der Waals surface area contributed by atoms with E-state index >= 15 is 0 Å². The molecule has 0 bridgehead atoms. The molecule has 5 nitrogen and oxygen atoms in total. The first-order valence-electron chi connectivity index (χ1n) is 10.2. The highest BCUT2D eigenvalue weighted by Crippen LogP contribution is 2.48. The number of pyridine rings is 1. The van der Waals surface area contributed by atoms with Crippen LogP contribution in [0, 0.1) is 12.8 Å². The maximum Gasteiger partial charge on any atom is 0.255 e. The number of fused-ring (bicyclic) bond motifs is 3. The van der Waals surface area contributed by atoms with Crippen molar-refractivity contribution >= 4 is 39.9 Å². The van der Waals surface area contributed by atoms with Crippen molar-refractivity contribution in [2.75, 3.05) is 28.3 Å². The second kappa shape index (κ2) is 9.05. The third-order valence-electron chi connectivity index (χ3n) is 5.92. The molecule has 0 N–H and O–H groups in total. The number of halogens is 1. The number of methoxy groups -OCH3 is 2. The Labute approximate surface area is 193 Å². The lowest BCUT2D eigenvalue weighted by molar-refractivity contribution is 0.0827. The van der Waals surface area contributed by atoms with Crippen LogP contribution in [0.5, 0.6) is 11.5 Å². The van der Waals surface area contributed by atoms with Crippen LogP contribution >= 0.6 is 23.7 Å². The zero-order valence-corrected chi connectivity index (χ0v) is 20.5. The van der Waals surface area contributed by atoms with E-state index in [1.54, 1.807) is 44.6 Å². The first-order valence-corrected chi connectivity index (χ1v) is 11.1. The van der Waals surface area contributed by atoms with E-state index in [-0.39, 0.29) is 18.3 Å². The van der Waals surface area contributed by atoms with Crippen LogP contribution in [0.25, 0.3) is 21.3 Å². The van der Waals surface area contributed by atoms with E-state index in [1.807, 2.05) is 25.1 Å². The van der Waals surface area contributed by atoms with Gasteiger partial charge in [-0.25, -0.2) is 4.98 Å². The minimum atomic E-state index is -0.0501. The van der Waals surface area contributed by atoms with Gasteiger partial charge in [-0.3, -0.25) is 4.79 Å². The molecule has 0 aliphatic heterocycles. The smallest absolute Gasteiger partial charge is 0.255 e. The third kappa shape index (κ3) is 3.87. The van der Waals surface area contributed by atoms with E-state index in [0.29, 0.717) is 23.0 Å². The van der Waals surface area contributed by atoms with E-state index in [2.05, 4.69) is 6.92 Å². The van der Waals surface area contributed by atoms with Crippen molar-refractivity contribution in [2.24, 2.45) is 5.92 Å². The highest BCUT2D eigenvalue weighted by Gasteiger charge is 2.30. The standard InChI is InChI=1S/C24H28N2O3S.ClH/c1-13-10-11-15-18(12-13)30-23-21(15)20(19(14(2)25-23)24(27)26(3)4)16-8-7-9-17(28-5)22(16)29-6;/h7-9,13H,10-12H2,1-6H3;1H. The van der Waals surface area contributed by atoms with Crippen LogP contribution in [0.1, 0.15) is 39.8 Å². The maximum absolute atomic E-state index is 13.3. The molecule has 31 heavy (non-hydrogen) atoms. The molecule has 7 heteroatoms. The van der Waals surface area contributed by atoms with Crippen LogP contribution in [0.3, 0.4) is 0 Å². The van der Waals surface area contributed by atoms with Crippen molar-refractivity contribution in [3.8, 4) is 22.6 Å². The molecule has 0 saturated heterocycles. The van der Waals surface area contributed by atoms with Crippen LogP contribution in [0.2, 0.25) is 0 Å². The van der Waals surface area contributed by atoms with Gasteiger partial charge in [0.05, 0.1) is 25.5 Å². The van der Waals surface area contributed by atoms with Crippen molar-refractivity contribution < 1.29 is 14.3 Å². The van der Waals surface area contributed by atoms with Crippen molar-refractivity contribution in [3.63, 3.8) is 0 Å². The number of benzene rings is 1. The number of thiophene rings is 1. The van der Waals surface area contributed by atoms with Gasteiger partial charge in [-0.15, -0.1) is 23.7 Å². The Morgan fingerprint density at radius 2 is 1.97 bits per heavy atom. The monoisotopic (exact) mass is 460 g/mol. The molecule has 0 fully saturated rings. The van der Waals surface area contributed by atoms with Gasteiger partial charge in [0.2, 0.25) is 0 Å². The number of nitrogens with zero attached hydrogens (tertiary/aromatic N) is 2. The number of hydrogen-bond acceptors (Lipinski definition) is 5. The van der Waals surface area contributed by atoms with Gasteiger partial charge in [0.15, 0.2) is 11.5 Å². The zero-order chi connectivity index (χ0) is 21.6. The van der Waals surface area contributed by atoms with Crippen LogP contribution < -0.4 is 9.47 Å². The number of para-hydroxylation sites is 1. The van der Waals surface area contributed by atoms with E-state index < -0.39 is 0 Å². The summed E-state index contributed by atoms with van der Waals surface area (Å²) in [7, 11) is 6.84. The summed E-state index contributed by atoms with van der Waals surface area (Å²) in [6, 6.07) is 5.84. The molecule has 1 atom stereocenters. The summed E-state index contributed by atoms with van der Waals surface area (Å²) in [5.41, 5.74) is 4.51. The number of aromatic nitrogens is 1. The lowest BCUT2D eigenvalue weighted by Crippen LogP contribution is -2.24. The van der Waals surface area contributed by atoms with E-state index in [9.17, 15) is 4.79 Å². The van der Waals surface area contributed by atoms with E-state index in [1.165, 1.54) is 10.4 Å². The molecular weight excluding hydrogens is 432 g/mol. The van der Waals surface area contributed by atoms with Gasteiger partial charge in [0.1, 0.15) is 4.83 Å². The first-order chi connectivity index (χ1) is 14.4. The molecule has 1 unspecified atom stereocenters. The number of hydrogen-bond donors (Lipinski definition) is 0. The largest absolute Gasteiger partial charge is 0.493 e. The van der Waals surface area contributed by atoms with Crippen LogP contribution in [0.15, 0.2) is 18.2 Å². The molecule has 3 aromatic rings. The lowest BCUT2D eigenvalue weighted by Gasteiger charge is -2.22. The second-order valence-electron chi connectivity index (χ2n) is 8.22. The summed E-state index contributed by atoms with van der Waals surface area (Å²) >= 11 is 1.77. The molecule has 0 saturated carbocycles. The minimum absolute atomic E-state index is 0. The quantitative estimate of drug-likeness (QED) is 0.513. The fourth-order valence-electron chi connectivity index (χ4n) is 4.43. The van der Waals surface area contributed by atoms with Gasteiger partial charge < -0.3 is 14.4 Å². The van der Waals surface area contributed by atoms with Gasteiger partial charge in [-0.1, -0.05) is 19.1 Å². The Hall–Kier alpha value is -2.31. The van der Waals surface area contributed by atoms with Crippen LogP contribution in [-0.4, -0.2) is 44.1 Å². The Morgan fingerprint density at radius 3 is 2.61 bits per heavy atom. The molecule has 1 aliphatic rings.